The second-order valence-electron chi connectivity index (χ2n) is 6.14. The monoisotopic (exact) mass is 410 g/mol. The highest BCUT2D eigenvalue weighted by Gasteiger charge is 2.20. The molecule has 0 saturated heterocycles. The first-order chi connectivity index (χ1) is 13.8. The maximum Gasteiger partial charge on any atom is 0.257 e. The molecule has 0 spiro atoms. The highest BCUT2D eigenvalue weighted by Crippen LogP contribution is 2.35. The van der Waals surface area contributed by atoms with Gasteiger partial charge in [0, 0.05) is 35.3 Å². The number of nitrogens with two attached hydrogens (primary N) is 1. The van der Waals surface area contributed by atoms with E-state index in [9.17, 15) is 13.2 Å². The number of para-hydroxylation sites is 1. The number of benzene rings is 2. The van der Waals surface area contributed by atoms with E-state index in [-0.39, 0.29) is 16.2 Å². The Morgan fingerprint density at radius 2 is 1.86 bits per heavy atom. The molecule has 4 N–H and O–H groups in total. The number of ether oxygens (including phenoxy) is 1. The minimum atomic E-state index is -3.72. The third kappa shape index (κ3) is 4.77. The van der Waals surface area contributed by atoms with Gasteiger partial charge in [0.15, 0.2) is 15.8 Å². The summed E-state index contributed by atoms with van der Waals surface area (Å²) < 4.78 is 30.5. The Kier molecular flexibility index (Phi) is 5.60. The zero-order valence-corrected chi connectivity index (χ0v) is 16.2. The van der Waals surface area contributed by atoms with Gasteiger partial charge < -0.3 is 10.5 Å². The number of aromatic nitrogens is 1. The lowest BCUT2D eigenvalue weighted by Crippen LogP contribution is -2.35. The van der Waals surface area contributed by atoms with Crippen LogP contribution in [0.25, 0.3) is 11.1 Å². The van der Waals surface area contributed by atoms with Crippen LogP contribution in [0.4, 0.5) is 0 Å². The molecule has 0 atom stereocenters. The van der Waals surface area contributed by atoms with Crippen LogP contribution >= 0.6 is 0 Å². The van der Waals surface area contributed by atoms with E-state index >= 15 is 0 Å². The summed E-state index contributed by atoms with van der Waals surface area (Å²) >= 11 is 0. The van der Waals surface area contributed by atoms with Crippen LogP contribution < -0.4 is 15.8 Å². The Labute approximate surface area is 167 Å². The van der Waals surface area contributed by atoms with Gasteiger partial charge in [0.05, 0.1) is 0 Å². The van der Waals surface area contributed by atoms with Gasteiger partial charge in [-0.3, -0.25) is 20.5 Å². The van der Waals surface area contributed by atoms with Crippen LogP contribution in [0, 0.1) is 5.41 Å². The summed E-state index contributed by atoms with van der Waals surface area (Å²) in [5, 5.41) is 9.26. The topological polar surface area (TPSA) is 135 Å². The van der Waals surface area contributed by atoms with Crippen molar-refractivity contribution in [1.82, 2.24) is 10.3 Å². The molecule has 8 nitrogen and oxygen atoms in total. The van der Waals surface area contributed by atoms with Crippen LogP contribution in [-0.2, 0) is 9.84 Å². The molecule has 29 heavy (non-hydrogen) atoms. The van der Waals surface area contributed by atoms with Gasteiger partial charge in [0.25, 0.3) is 5.91 Å². The lowest BCUT2D eigenvalue weighted by atomic mass is 10.1. The molecule has 1 amide bonds. The van der Waals surface area contributed by atoms with E-state index in [2.05, 4.69) is 10.3 Å². The summed E-state index contributed by atoms with van der Waals surface area (Å²) in [4.78, 5) is 16.0. The molecule has 1 aromatic heterocycles. The van der Waals surface area contributed by atoms with Gasteiger partial charge in [-0.15, -0.1) is 0 Å². The van der Waals surface area contributed by atoms with Gasteiger partial charge in [0.2, 0.25) is 0 Å². The van der Waals surface area contributed by atoms with E-state index in [1.54, 1.807) is 30.6 Å². The van der Waals surface area contributed by atoms with Crippen LogP contribution in [0.15, 0.2) is 71.9 Å². The molecule has 3 aromatic rings. The number of hydrogen-bond donors (Lipinski definition) is 3. The van der Waals surface area contributed by atoms with Crippen molar-refractivity contribution in [3.05, 3.63) is 72.6 Å². The molecule has 0 unspecified atom stereocenters. The number of pyridine rings is 1. The Bertz CT molecular complexity index is 1180. The lowest BCUT2D eigenvalue weighted by molar-refractivity contribution is 0.0976. The number of hydrogen-bond acceptors (Lipinski definition) is 6. The molecule has 0 bridgehead atoms. The zero-order valence-electron chi connectivity index (χ0n) is 15.4. The third-order valence-corrected chi connectivity index (χ3v) is 5.05. The van der Waals surface area contributed by atoms with Crippen LogP contribution in [0.2, 0.25) is 0 Å². The maximum absolute atomic E-state index is 12.3. The van der Waals surface area contributed by atoms with E-state index in [4.69, 9.17) is 15.9 Å². The first-order valence-corrected chi connectivity index (χ1v) is 10.3. The van der Waals surface area contributed by atoms with Gasteiger partial charge in [-0.2, -0.15) is 0 Å². The van der Waals surface area contributed by atoms with Crippen molar-refractivity contribution < 1.29 is 17.9 Å². The normalized spacial score (nSPS) is 10.9. The molecule has 0 fully saturated rings. The standard InChI is InChI=1S/C20H18N4O4S/c1-29(26,27)18-11-13(19(25)24-20(21)22)8-9-17(18)28-16-7-3-2-6-15(16)14-5-4-10-23-12-14/h2-12H,1H3,(H4,21,22,24,25). The average Bonchev–Trinajstić information content (AvgIpc) is 2.68. The largest absolute Gasteiger partial charge is 0.455 e. The summed E-state index contributed by atoms with van der Waals surface area (Å²) in [6.45, 7) is 0. The molecule has 1 heterocycles. The Hall–Kier alpha value is -3.72. The summed E-state index contributed by atoms with van der Waals surface area (Å²) in [5.41, 5.74) is 6.74. The van der Waals surface area contributed by atoms with E-state index in [1.807, 2.05) is 18.2 Å². The van der Waals surface area contributed by atoms with Gasteiger partial charge in [-0.1, -0.05) is 24.3 Å². The second kappa shape index (κ2) is 8.11. The summed E-state index contributed by atoms with van der Waals surface area (Å²) in [6.07, 6.45) is 4.35. The zero-order chi connectivity index (χ0) is 21.0. The molecule has 9 heteroatoms. The minimum Gasteiger partial charge on any atom is -0.455 e. The van der Waals surface area contributed by atoms with Crippen molar-refractivity contribution in [1.29, 1.82) is 5.41 Å². The fraction of sp³-hybridized carbons (Fsp3) is 0.0500. The van der Waals surface area contributed by atoms with Crippen LogP contribution in [0.3, 0.4) is 0 Å². The van der Waals surface area contributed by atoms with Crippen LogP contribution in [0.5, 0.6) is 11.5 Å². The number of carbonyl (C=O) groups is 1. The number of nitrogens with zero attached hydrogens (tertiary/aromatic N) is 1. The molecule has 3 rings (SSSR count). The predicted molar refractivity (Wildman–Crippen MR) is 109 cm³/mol. The van der Waals surface area contributed by atoms with E-state index < -0.39 is 21.7 Å². The molecule has 0 aliphatic carbocycles. The first-order valence-electron chi connectivity index (χ1n) is 8.42. The van der Waals surface area contributed by atoms with Gasteiger partial charge in [-0.25, -0.2) is 8.42 Å². The van der Waals surface area contributed by atoms with E-state index in [0.29, 0.717) is 5.75 Å². The summed E-state index contributed by atoms with van der Waals surface area (Å²) in [6, 6.07) is 14.8. The molecule has 2 aromatic carbocycles. The molecule has 148 valence electrons. The minimum absolute atomic E-state index is 0.0357. The summed E-state index contributed by atoms with van der Waals surface area (Å²) in [5.74, 6) is -0.721. The molecule has 0 radical (unpaired) electrons. The molecule has 0 aliphatic rings. The number of guanidine groups is 1. The fourth-order valence-corrected chi connectivity index (χ4v) is 3.47. The maximum atomic E-state index is 12.3. The van der Waals surface area contributed by atoms with Crippen molar-refractivity contribution in [2.24, 2.45) is 5.73 Å². The van der Waals surface area contributed by atoms with Gasteiger partial charge >= 0.3 is 0 Å². The number of amides is 1. The Morgan fingerprint density at radius 1 is 1.10 bits per heavy atom. The van der Waals surface area contributed by atoms with Crippen molar-refractivity contribution >= 4 is 21.7 Å². The van der Waals surface area contributed by atoms with Gasteiger partial charge in [0.1, 0.15) is 16.4 Å². The second-order valence-corrected chi connectivity index (χ2v) is 8.13. The third-order valence-electron chi connectivity index (χ3n) is 3.93. The van der Waals surface area contributed by atoms with Crippen molar-refractivity contribution in [2.45, 2.75) is 4.90 Å². The first kappa shape index (κ1) is 20.0. The highest BCUT2D eigenvalue weighted by molar-refractivity contribution is 7.90. The Morgan fingerprint density at radius 3 is 2.52 bits per heavy atom. The molecular weight excluding hydrogens is 392 g/mol. The lowest BCUT2D eigenvalue weighted by Gasteiger charge is -2.14. The van der Waals surface area contributed by atoms with Crippen molar-refractivity contribution in [3.63, 3.8) is 0 Å². The molecule has 0 saturated carbocycles. The van der Waals surface area contributed by atoms with Crippen LogP contribution in [-0.4, -0.2) is 31.5 Å². The smallest absolute Gasteiger partial charge is 0.257 e. The molecule has 0 aliphatic heterocycles. The molecular formula is C20H18N4O4S. The fourth-order valence-electron chi connectivity index (χ4n) is 2.65. The predicted octanol–water partition coefficient (Wildman–Crippen LogP) is 2.57. The quantitative estimate of drug-likeness (QED) is 0.437. The van der Waals surface area contributed by atoms with Crippen molar-refractivity contribution in [3.8, 4) is 22.6 Å². The SMILES string of the molecule is CS(=O)(=O)c1cc(C(=O)NC(=N)N)ccc1Oc1ccccc1-c1cccnc1. The number of sulfone groups is 1. The number of rotatable bonds is 5. The van der Waals surface area contributed by atoms with Crippen LogP contribution in [0.1, 0.15) is 10.4 Å². The van der Waals surface area contributed by atoms with E-state index in [1.165, 1.54) is 18.2 Å². The average molecular weight is 410 g/mol. The van der Waals surface area contributed by atoms with Gasteiger partial charge in [-0.05, 0) is 30.3 Å². The Balaban J connectivity index is 2.05. The number of carbonyl (C=O) groups excluding carboxylic acids is 1. The highest BCUT2D eigenvalue weighted by atomic mass is 32.2. The number of nitrogens with one attached hydrogen (secondary N) is 2. The summed E-state index contributed by atoms with van der Waals surface area (Å²) in [7, 11) is -3.72. The van der Waals surface area contributed by atoms with E-state index in [0.717, 1.165) is 17.4 Å². The van der Waals surface area contributed by atoms with Crippen molar-refractivity contribution in [2.75, 3.05) is 6.26 Å².